The molecule has 1 saturated carbocycles. The van der Waals surface area contributed by atoms with E-state index in [1.807, 2.05) is 32.0 Å². The van der Waals surface area contributed by atoms with Gasteiger partial charge >= 0.3 is 0 Å². The number of nitrogens with two attached hydrogens (primary N) is 1. The lowest BCUT2D eigenvalue weighted by Crippen LogP contribution is -2.46. The Hall–Kier alpha value is -1.35. The second-order valence-electron chi connectivity index (χ2n) is 6.63. The first-order valence-corrected chi connectivity index (χ1v) is 7.58. The molecule has 1 aliphatic rings. The maximum Gasteiger partial charge on any atom is 0.226 e. The molecule has 3 N–H and O–H groups in total. The maximum absolute atomic E-state index is 12.5. The average molecular weight is 274 g/mol. The lowest BCUT2D eigenvalue weighted by atomic mass is 9.83. The Labute approximate surface area is 121 Å². The van der Waals surface area contributed by atoms with Gasteiger partial charge in [-0.3, -0.25) is 4.79 Å². The molecule has 0 saturated heterocycles. The van der Waals surface area contributed by atoms with Crippen LogP contribution >= 0.6 is 0 Å². The van der Waals surface area contributed by atoms with Gasteiger partial charge in [-0.15, -0.1) is 0 Å². The van der Waals surface area contributed by atoms with E-state index in [1.165, 1.54) is 5.56 Å². The highest BCUT2D eigenvalue weighted by atomic mass is 16.2. The minimum absolute atomic E-state index is 0.154. The SMILES string of the molecule is CC(C)(Cc1ccccc1)C(=O)NC1CCC(N)CC1. The number of amides is 1. The monoisotopic (exact) mass is 274 g/mol. The maximum atomic E-state index is 12.5. The highest BCUT2D eigenvalue weighted by Crippen LogP contribution is 2.24. The summed E-state index contributed by atoms with van der Waals surface area (Å²) >= 11 is 0. The molecule has 0 aliphatic heterocycles. The molecule has 2 rings (SSSR count). The third kappa shape index (κ3) is 4.07. The van der Waals surface area contributed by atoms with Crippen molar-refractivity contribution in [2.24, 2.45) is 11.1 Å². The van der Waals surface area contributed by atoms with Gasteiger partial charge < -0.3 is 11.1 Å². The fourth-order valence-corrected chi connectivity index (χ4v) is 2.83. The zero-order valence-electron chi connectivity index (χ0n) is 12.6. The largest absolute Gasteiger partial charge is 0.353 e. The first kappa shape index (κ1) is 15.0. The van der Waals surface area contributed by atoms with Crippen molar-refractivity contribution in [3.05, 3.63) is 35.9 Å². The summed E-state index contributed by atoms with van der Waals surface area (Å²) in [4.78, 5) is 12.5. The van der Waals surface area contributed by atoms with Crippen molar-refractivity contribution in [2.75, 3.05) is 0 Å². The van der Waals surface area contributed by atoms with Crippen LogP contribution in [0.25, 0.3) is 0 Å². The predicted molar refractivity (Wildman–Crippen MR) is 82.3 cm³/mol. The first-order valence-electron chi connectivity index (χ1n) is 7.58. The molecule has 3 heteroatoms. The van der Waals surface area contributed by atoms with Crippen molar-refractivity contribution in [3.63, 3.8) is 0 Å². The first-order chi connectivity index (χ1) is 9.47. The van der Waals surface area contributed by atoms with Crippen LogP contribution in [-0.2, 0) is 11.2 Å². The summed E-state index contributed by atoms with van der Waals surface area (Å²) in [5, 5.41) is 3.21. The molecular formula is C17H26N2O. The van der Waals surface area contributed by atoms with Gasteiger partial charge in [0.25, 0.3) is 0 Å². The highest BCUT2D eigenvalue weighted by Gasteiger charge is 2.30. The van der Waals surface area contributed by atoms with Crippen LogP contribution in [0.4, 0.5) is 0 Å². The minimum Gasteiger partial charge on any atom is -0.353 e. The number of benzene rings is 1. The van der Waals surface area contributed by atoms with E-state index in [0.717, 1.165) is 32.1 Å². The van der Waals surface area contributed by atoms with Crippen LogP contribution in [0.5, 0.6) is 0 Å². The number of hydrogen-bond donors (Lipinski definition) is 2. The van der Waals surface area contributed by atoms with Crippen LogP contribution in [0.2, 0.25) is 0 Å². The van der Waals surface area contributed by atoms with Gasteiger partial charge in [-0.1, -0.05) is 44.2 Å². The second kappa shape index (κ2) is 6.40. The van der Waals surface area contributed by atoms with E-state index in [0.29, 0.717) is 12.1 Å². The fraction of sp³-hybridized carbons (Fsp3) is 0.588. The summed E-state index contributed by atoms with van der Waals surface area (Å²) in [7, 11) is 0. The average Bonchev–Trinajstić information content (AvgIpc) is 2.42. The number of nitrogens with one attached hydrogen (secondary N) is 1. The molecule has 0 radical (unpaired) electrons. The lowest BCUT2D eigenvalue weighted by Gasteiger charge is -2.31. The number of hydrogen-bond acceptors (Lipinski definition) is 2. The molecule has 0 atom stereocenters. The van der Waals surface area contributed by atoms with Gasteiger partial charge in [-0.2, -0.15) is 0 Å². The van der Waals surface area contributed by atoms with Crippen LogP contribution < -0.4 is 11.1 Å². The van der Waals surface area contributed by atoms with E-state index < -0.39 is 0 Å². The van der Waals surface area contributed by atoms with Crippen LogP contribution in [0, 0.1) is 5.41 Å². The van der Waals surface area contributed by atoms with E-state index in [1.54, 1.807) is 0 Å². The fourth-order valence-electron chi connectivity index (χ4n) is 2.83. The Morgan fingerprint density at radius 2 is 1.80 bits per heavy atom. The van der Waals surface area contributed by atoms with Crippen LogP contribution in [0.15, 0.2) is 30.3 Å². The molecule has 0 unspecified atom stereocenters. The molecule has 1 aromatic carbocycles. The van der Waals surface area contributed by atoms with Crippen molar-refractivity contribution in [1.82, 2.24) is 5.32 Å². The van der Waals surface area contributed by atoms with Crippen molar-refractivity contribution in [2.45, 2.75) is 58.0 Å². The number of carbonyl (C=O) groups is 1. The Bertz CT molecular complexity index is 434. The summed E-state index contributed by atoms with van der Waals surface area (Å²) in [6.45, 7) is 4.04. The van der Waals surface area contributed by atoms with Crippen LogP contribution in [-0.4, -0.2) is 18.0 Å². The Morgan fingerprint density at radius 3 is 2.40 bits per heavy atom. The highest BCUT2D eigenvalue weighted by molar-refractivity contribution is 5.82. The molecule has 0 spiro atoms. The van der Waals surface area contributed by atoms with Crippen molar-refractivity contribution >= 4 is 5.91 Å². The van der Waals surface area contributed by atoms with E-state index >= 15 is 0 Å². The molecule has 1 aliphatic carbocycles. The van der Waals surface area contributed by atoms with Gasteiger partial charge in [0, 0.05) is 17.5 Å². The molecule has 0 bridgehead atoms. The van der Waals surface area contributed by atoms with Gasteiger partial charge in [0.15, 0.2) is 0 Å². The zero-order valence-corrected chi connectivity index (χ0v) is 12.6. The molecule has 1 amide bonds. The molecule has 3 nitrogen and oxygen atoms in total. The van der Waals surface area contributed by atoms with Gasteiger partial charge in [0.2, 0.25) is 5.91 Å². The van der Waals surface area contributed by atoms with E-state index in [2.05, 4.69) is 17.4 Å². The van der Waals surface area contributed by atoms with Gasteiger partial charge in [-0.05, 0) is 37.7 Å². The van der Waals surface area contributed by atoms with E-state index in [4.69, 9.17) is 5.73 Å². The zero-order chi connectivity index (χ0) is 14.6. The lowest BCUT2D eigenvalue weighted by molar-refractivity contribution is -0.130. The van der Waals surface area contributed by atoms with Gasteiger partial charge in [-0.25, -0.2) is 0 Å². The molecular weight excluding hydrogens is 248 g/mol. The third-order valence-electron chi connectivity index (χ3n) is 4.21. The Balaban J connectivity index is 1.90. The van der Waals surface area contributed by atoms with E-state index in [9.17, 15) is 4.79 Å². The molecule has 0 heterocycles. The molecule has 0 aromatic heterocycles. The van der Waals surface area contributed by atoms with Crippen LogP contribution in [0.3, 0.4) is 0 Å². The van der Waals surface area contributed by atoms with Crippen molar-refractivity contribution in [3.8, 4) is 0 Å². The summed E-state index contributed by atoms with van der Waals surface area (Å²) in [6, 6.07) is 10.8. The van der Waals surface area contributed by atoms with Gasteiger partial charge in [0.05, 0.1) is 0 Å². The predicted octanol–water partition coefficient (Wildman–Crippen LogP) is 2.64. The molecule has 1 aromatic rings. The number of carbonyl (C=O) groups excluding carboxylic acids is 1. The second-order valence-corrected chi connectivity index (χ2v) is 6.63. The minimum atomic E-state index is -0.374. The Morgan fingerprint density at radius 1 is 1.20 bits per heavy atom. The topological polar surface area (TPSA) is 55.1 Å². The normalized spacial score (nSPS) is 23.4. The molecule has 110 valence electrons. The third-order valence-corrected chi connectivity index (χ3v) is 4.21. The molecule has 20 heavy (non-hydrogen) atoms. The van der Waals surface area contributed by atoms with Crippen molar-refractivity contribution < 1.29 is 4.79 Å². The summed E-state index contributed by atoms with van der Waals surface area (Å²) in [5.74, 6) is 0.154. The van der Waals surface area contributed by atoms with Gasteiger partial charge in [0.1, 0.15) is 0 Å². The standard InChI is InChI=1S/C17H26N2O/c1-17(2,12-13-6-4-3-5-7-13)16(20)19-15-10-8-14(18)9-11-15/h3-7,14-15H,8-12,18H2,1-2H3,(H,19,20). The molecule has 1 fully saturated rings. The van der Waals surface area contributed by atoms with E-state index in [-0.39, 0.29) is 11.3 Å². The van der Waals surface area contributed by atoms with Crippen LogP contribution in [0.1, 0.15) is 45.1 Å². The summed E-state index contributed by atoms with van der Waals surface area (Å²) in [5.41, 5.74) is 6.74. The number of rotatable bonds is 4. The summed E-state index contributed by atoms with van der Waals surface area (Å²) in [6.07, 6.45) is 4.82. The van der Waals surface area contributed by atoms with Crippen molar-refractivity contribution in [1.29, 1.82) is 0 Å². The Kier molecular flexibility index (Phi) is 4.81. The smallest absolute Gasteiger partial charge is 0.226 e. The summed E-state index contributed by atoms with van der Waals surface area (Å²) < 4.78 is 0. The quantitative estimate of drug-likeness (QED) is 0.887.